The van der Waals surface area contributed by atoms with Crippen molar-refractivity contribution in [3.8, 4) is 0 Å². The predicted octanol–water partition coefficient (Wildman–Crippen LogP) is 1.98. The summed E-state index contributed by atoms with van der Waals surface area (Å²) >= 11 is 0. The second-order valence-corrected chi connectivity index (χ2v) is 6.29. The minimum Gasteiger partial charge on any atom is -0.383 e. The van der Waals surface area contributed by atoms with Crippen LogP contribution in [0.4, 0.5) is 5.82 Å². The first-order valence-electron chi connectivity index (χ1n) is 8.08. The Kier molecular flexibility index (Phi) is 4.70. The molecule has 2 aliphatic carbocycles. The van der Waals surface area contributed by atoms with Crippen molar-refractivity contribution in [1.29, 1.82) is 0 Å². The van der Waals surface area contributed by atoms with Gasteiger partial charge in [0.15, 0.2) is 0 Å². The summed E-state index contributed by atoms with van der Waals surface area (Å²) in [6, 6.07) is 1.23. The van der Waals surface area contributed by atoms with Gasteiger partial charge in [0.05, 0.1) is 24.7 Å². The van der Waals surface area contributed by atoms with E-state index in [1.807, 2.05) is 12.4 Å². The molecule has 116 valence electrons. The van der Waals surface area contributed by atoms with Gasteiger partial charge in [-0.15, -0.1) is 0 Å². The number of hydrogen-bond donors (Lipinski definition) is 1. The predicted molar refractivity (Wildman–Crippen MR) is 83.3 cm³/mol. The van der Waals surface area contributed by atoms with Crippen molar-refractivity contribution in [3.05, 3.63) is 18.1 Å². The van der Waals surface area contributed by atoms with E-state index in [1.165, 1.54) is 25.7 Å². The first-order valence-corrected chi connectivity index (χ1v) is 8.08. The summed E-state index contributed by atoms with van der Waals surface area (Å²) in [4.78, 5) is 11.5. The number of nitrogens with one attached hydrogen (secondary N) is 1. The van der Waals surface area contributed by atoms with Crippen LogP contribution in [0.5, 0.6) is 0 Å². The molecule has 0 amide bonds. The molecule has 0 aliphatic heterocycles. The number of rotatable bonds is 9. The van der Waals surface area contributed by atoms with Crippen molar-refractivity contribution >= 4 is 5.82 Å². The van der Waals surface area contributed by atoms with Gasteiger partial charge in [0.1, 0.15) is 5.82 Å². The van der Waals surface area contributed by atoms with Crippen LogP contribution in [0.3, 0.4) is 0 Å². The summed E-state index contributed by atoms with van der Waals surface area (Å²) in [7, 11) is 1.75. The lowest BCUT2D eigenvalue weighted by atomic mass is 10.2. The lowest BCUT2D eigenvalue weighted by Gasteiger charge is -2.30. The van der Waals surface area contributed by atoms with Crippen LogP contribution in [-0.2, 0) is 11.3 Å². The second-order valence-electron chi connectivity index (χ2n) is 6.29. The average molecular weight is 290 g/mol. The molecule has 2 saturated carbocycles. The maximum absolute atomic E-state index is 5.24. The van der Waals surface area contributed by atoms with Crippen molar-refractivity contribution in [2.45, 2.75) is 51.2 Å². The van der Waals surface area contributed by atoms with Gasteiger partial charge < -0.3 is 15.0 Å². The van der Waals surface area contributed by atoms with Crippen LogP contribution >= 0.6 is 0 Å². The number of hydrogen-bond acceptors (Lipinski definition) is 5. The molecule has 21 heavy (non-hydrogen) atoms. The largest absolute Gasteiger partial charge is 0.383 e. The molecule has 0 spiro atoms. The van der Waals surface area contributed by atoms with Gasteiger partial charge in [-0.05, 0) is 38.5 Å². The molecule has 5 heteroatoms. The van der Waals surface area contributed by atoms with Crippen molar-refractivity contribution in [2.24, 2.45) is 5.92 Å². The van der Waals surface area contributed by atoms with E-state index in [4.69, 9.17) is 4.74 Å². The van der Waals surface area contributed by atoms with E-state index in [0.29, 0.717) is 12.1 Å². The Hall–Kier alpha value is -1.20. The molecule has 0 saturated heterocycles. The van der Waals surface area contributed by atoms with Crippen molar-refractivity contribution in [1.82, 2.24) is 15.3 Å². The standard InChI is InChI=1S/C16H26N4O/c1-12(13-3-4-13)20(7-8-21-2)16-11-18-15(10-19-16)9-17-14-5-6-14/h10-14,17H,3-9H2,1-2H3. The number of ether oxygens (including phenoxy) is 1. The molecule has 1 unspecified atom stereocenters. The Morgan fingerprint density at radius 3 is 2.67 bits per heavy atom. The number of methoxy groups -OCH3 is 1. The quantitative estimate of drug-likeness (QED) is 0.753. The summed E-state index contributed by atoms with van der Waals surface area (Å²) < 4.78 is 5.24. The van der Waals surface area contributed by atoms with E-state index in [9.17, 15) is 0 Å². The fraction of sp³-hybridized carbons (Fsp3) is 0.750. The molecule has 0 radical (unpaired) electrons. The van der Waals surface area contributed by atoms with Gasteiger partial charge in [0, 0.05) is 32.3 Å². The highest BCUT2D eigenvalue weighted by molar-refractivity contribution is 5.38. The van der Waals surface area contributed by atoms with Gasteiger partial charge in [0.2, 0.25) is 0 Å². The molecule has 0 aromatic carbocycles. The minimum absolute atomic E-state index is 0.518. The fourth-order valence-corrected chi connectivity index (χ4v) is 2.67. The highest BCUT2D eigenvalue weighted by atomic mass is 16.5. The van der Waals surface area contributed by atoms with E-state index in [2.05, 4.69) is 27.1 Å². The molecule has 2 fully saturated rings. The SMILES string of the molecule is COCCN(c1cnc(CNC2CC2)cn1)C(C)C1CC1. The Morgan fingerprint density at radius 1 is 1.29 bits per heavy atom. The topological polar surface area (TPSA) is 50.3 Å². The maximum Gasteiger partial charge on any atom is 0.147 e. The average Bonchev–Trinajstić information content (AvgIpc) is 3.40. The summed E-state index contributed by atoms with van der Waals surface area (Å²) in [5, 5.41) is 3.47. The molecular weight excluding hydrogens is 264 g/mol. The zero-order valence-corrected chi connectivity index (χ0v) is 13.1. The minimum atomic E-state index is 0.518. The van der Waals surface area contributed by atoms with Crippen LogP contribution in [0.15, 0.2) is 12.4 Å². The summed E-state index contributed by atoms with van der Waals surface area (Å²) in [6.07, 6.45) is 9.09. The van der Waals surface area contributed by atoms with Gasteiger partial charge in [-0.2, -0.15) is 0 Å². The van der Waals surface area contributed by atoms with E-state index in [-0.39, 0.29) is 0 Å². The number of nitrogens with zero attached hydrogens (tertiary/aromatic N) is 3. The van der Waals surface area contributed by atoms with Crippen LogP contribution < -0.4 is 10.2 Å². The Morgan fingerprint density at radius 2 is 2.10 bits per heavy atom. The van der Waals surface area contributed by atoms with Crippen LogP contribution in [-0.4, -0.2) is 42.3 Å². The van der Waals surface area contributed by atoms with Gasteiger partial charge in [0.25, 0.3) is 0 Å². The number of aromatic nitrogens is 2. The Balaban J connectivity index is 1.62. The van der Waals surface area contributed by atoms with Crippen LogP contribution in [0, 0.1) is 5.92 Å². The Bertz CT molecular complexity index is 442. The van der Waals surface area contributed by atoms with Gasteiger partial charge in [-0.1, -0.05) is 0 Å². The fourth-order valence-electron chi connectivity index (χ4n) is 2.67. The molecule has 3 rings (SSSR count). The summed E-state index contributed by atoms with van der Waals surface area (Å²) in [5.74, 6) is 1.78. The molecule has 1 N–H and O–H groups in total. The lowest BCUT2D eigenvalue weighted by molar-refractivity contribution is 0.202. The smallest absolute Gasteiger partial charge is 0.147 e. The summed E-state index contributed by atoms with van der Waals surface area (Å²) in [6.45, 7) is 4.72. The summed E-state index contributed by atoms with van der Waals surface area (Å²) in [5.41, 5.74) is 1.02. The van der Waals surface area contributed by atoms with Crippen molar-refractivity contribution < 1.29 is 4.74 Å². The van der Waals surface area contributed by atoms with Gasteiger partial charge in [-0.25, -0.2) is 4.98 Å². The van der Waals surface area contributed by atoms with E-state index in [1.54, 1.807) is 7.11 Å². The van der Waals surface area contributed by atoms with E-state index >= 15 is 0 Å². The van der Waals surface area contributed by atoms with Gasteiger partial charge >= 0.3 is 0 Å². The molecule has 1 aromatic rings. The molecular formula is C16H26N4O. The van der Waals surface area contributed by atoms with Crippen molar-refractivity contribution in [3.63, 3.8) is 0 Å². The third-order valence-corrected chi connectivity index (χ3v) is 4.47. The molecule has 1 atom stereocenters. The normalized spacial score (nSPS) is 19.5. The highest BCUT2D eigenvalue weighted by Gasteiger charge is 2.32. The number of anilines is 1. The molecule has 1 aromatic heterocycles. The molecule has 2 aliphatic rings. The van der Waals surface area contributed by atoms with Crippen LogP contribution in [0.25, 0.3) is 0 Å². The second kappa shape index (κ2) is 6.71. The highest BCUT2D eigenvalue weighted by Crippen LogP contribution is 2.36. The van der Waals surface area contributed by atoms with Crippen LogP contribution in [0.1, 0.15) is 38.3 Å². The zero-order valence-electron chi connectivity index (χ0n) is 13.1. The Labute approximate surface area is 127 Å². The third kappa shape index (κ3) is 4.14. The monoisotopic (exact) mass is 290 g/mol. The van der Waals surface area contributed by atoms with Crippen molar-refractivity contribution in [2.75, 3.05) is 25.2 Å². The first-order chi connectivity index (χ1) is 10.3. The van der Waals surface area contributed by atoms with Crippen LogP contribution in [0.2, 0.25) is 0 Å². The van der Waals surface area contributed by atoms with E-state index in [0.717, 1.165) is 37.1 Å². The first kappa shape index (κ1) is 14.7. The molecule has 0 bridgehead atoms. The third-order valence-electron chi connectivity index (χ3n) is 4.47. The molecule has 1 heterocycles. The maximum atomic E-state index is 5.24. The van der Waals surface area contributed by atoms with Gasteiger partial charge in [-0.3, -0.25) is 4.98 Å². The lowest BCUT2D eigenvalue weighted by Crippen LogP contribution is -2.38. The zero-order chi connectivity index (χ0) is 14.7. The molecule has 5 nitrogen and oxygen atoms in total. The van der Waals surface area contributed by atoms with E-state index < -0.39 is 0 Å².